The van der Waals surface area contributed by atoms with Gasteiger partial charge in [0.25, 0.3) is 11.8 Å². The lowest BCUT2D eigenvalue weighted by atomic mass is 9.87. The molecule has 29 heavy (non-hydrogen) atoms. The first-order valence-corrected chi connectivity index (χ1v) is 10.8. The maximum absolute atomic E-state index is 13.1. The predicted molar refractivity (Wildman–Crippen MR) is 109 cm³/mol. The standard InChI is InChI=1S/C21H24N4O3S/c1-3-21(15-7-5-4-6-8-15)19(27)25(20(28)22-21)23-18(26)13-24-11-9-17-16(14(24)2)10-12-29-17/h4-8,10,12,14H,3,9,11,13H2,1-2H3,(H,22,28)(H,23,26)/p+1/t14-,21+/m0/s1. The van der Waals surface area contributed by atoms with Crippen molar-refractivity contribution in [3.8, 4) is 0 Å². The van der Waals surface area contributed by atoms with Crippen molar-refractivity contribution in [2.75, 3.05) is 13.1 Å². The number of carbonyl (C=O) groups excluding carboxylic acids is 3. The van der Waals surface area contributed by atoms with Crippen molar-refractivity contribution in [2.45, 2.75) is 38.3 Å². The molecule has 3 N–H and O–H groups in total. The molecule has 4 amide bonds. The van der Waals surface area contributed by atoms with Crippen LogP contribution in [0.3, 0.4) is 0 Å². The Bertz CT molecular complexity index is 944. The second kappa shape index (κ2) is 7.61. The molecule has 3 heterocycles. The summed E-state index contributed by atoms with van der Waals surface area (Å²) < 4.78 is 0. The van der Waals surface area contributed by atoms with E-state index in [1.165, 1.54) is 10.4 Å². The Morgan fingerprint density at radius 1 is 1.31 bits per heavy atom. The number of nitrogens with one attached hydrogen (secondary N) is 3. The van der Waals surface area contributed by atoms with Crippen molar-refractivity contribution in [3.05, 3.63) is 57.8 Å². The molecule has 3 atom stereocenters. The van der Waals surface area contributed by atoms with E-state index in [1.54, 1.807) is 11.3 Å². The summed E-state index contributed by atoms with van der Waals surface area (Å²) in [5.74, 6) is -0.791. The number of thiophene rings is 1. The minimum atomic E-state index is -1.15. The van der Waals surface area contributed by atoms with Crippen molar-refractivity contribution in [1.82, 2.24) is 15.8 Å². The molecule has 0 aliphatic carbocycles. The van der Waals surface area contributed by atoms with Crippen LogP contribution in [0.15, 0.2) is 41.8 Å². The molecule has 152 valence electrons. The number of hydrogen-bond donors (Lipinski definition) is 3. The van der Waals surface area contributed by atoms with Crippen LogP contribution in [-0.2, 0) is 21.5 Å². The molecule has 4 rings (SSSR count). The van der Waals surface area contributed by atoms with Gasteiger partial charge in [-0.05, 0) is 30.4 Å². The summed E-state index contributed by atoms with van der Waals surface area (Å²) >= 11 is 1.76. The number of rotatable bonds is 5. The molecule has 1 saturated heterocycles. The number of carbonyl (C=O) groups is 3. The second-order valence-electron chi connectivity index (χ2n) is 7.59. The third-order valence-electron chi connectivity index (χ3n) is 6.04. The van der Waals surface area contributed by atoms with Crippen LogP contribution in [-0.4, -0.2) is 35.9 Å². The smallest absolute Gasteiger partial charge is 0.321 e. The SMILES string of the molecule is CC[C@]1(c2ccccc2)NC(=O)N(NC(=O)C[NH+]2CCc3sccc3[C@@H]2C)C1=O. The summed E-state index contributed by atoms with van der Waals surface area (Å²) in [6.45, 7) is 5.01. The predicted octanol–water partition coefficient (Wildman–Crippen LogP) is 1.14. The summed E-state index contributed by atoms with van der Waals surface area (Å²) in [5.41, 5.74) is 3.38. The fourth-order valence-electron chi connectivity index (χ4n) is 4.30. The number of nitrogens with zero attached hydrogens (tertiary/aromatic N) is 1. The monoisotopic (exact) mass is 413 g/mol. The second-order valence-corrected chi connectivity index (χ2v) is 8.59. The van der Waals surface area contributed by atoms with Crippen LogP contribution in [0.5, 0.6) is 0 Å². The van der Waals surface area contributed by atoms with Crippen molar-refractivity contribution in [2.24, 2.45) is 0 Å². The van der Waals surface area contributed by atoms with E-state index in [0.29, 0.717) is 12.0 Å². The molecule has 7 nitrogen and oxygen atoms in total. The molecule has 0 radical (unpaired) electrons. The van der Waals surface area contributed by atoms with Crippen LogP contribution in [0.4, 0.5) is 4.79 Å². The molecule has 1 aromatic carbocycles. The fraction of sp³-hybridized carbons (Fsp3) is 0.381. The first kappa shape index (κ1) is 19.6. The highest BCUT2D eigenvalue weighted by Crippen LogP contribution is 2.31. The van der Waals surface area contributed by atoms with Crippen molar-refractivity contribution in [1.29, 1.82) is 0 Å². The summed E-state index contributed by atoms with van der Waals surface area (Å²) in [7, 11) is 0. The van der Waals surface area contributed by atoms with Crippen LogP contribution in [0.1, 0.15) is 42.3 Å². The number of hydrazine groups is 1. The molecular formula is C21H25N4O3S+. The van der Waals surface area contributed by atoms with Crippen LogP contribution < -0.4 is 15.6 Å². The van der Waals surface area contributed by atoms with Crippen LogP contribution in [0.2, 0.25) is 0 Å². The maximum Gasteiger partial charge on any atom is 0.344 e. The molecule has 1 aromatic heterocycles. The normalized spacial score (nSPS) is 26.2. The van der Waals surface area contributed by atoms with Crippen LogP contribution in [0.25, 0.3) is 0 Å². The quantitative estimate of drug-likeness (QED) is 0.643. The van der Waals surface area contributed by atoms with E-state index < -0.39 is 17.5 Å². The van der Waals surface area contributed by atoms with E-state index in [-0.39, 0.29) is 18.5 Å². The van der Waals surface area contributed by atoms with Gasteiger partial charge in [0.05, 0.1) is 6.54 Å². The van der Waals surface area contributed by atoms with E-state index in [9.17, 15) is 14.4 Å². The van der Waals surface area contributed by atoms with Gasteiger partial charge in [-0.1, -0.05) is 37.3 Å². The van der Waals surface area contributed by atoms with Crippen molar-refractivity contribution in [3.63, 3.8) is 0 Å². The summed E-state index contributed by atoms with van der Waals surface area (Å²) in [4.78, 5) is 40.8. The zero-order chi connectivity index (χ0) is 20.6. The highest BCUT2D eigenvalue weighted by atomic mass is 32.1. The number of fused-ring (bicyclic) bond motifs is 1. The van der Waals surface area contributed by atoms with Gasteiger partial charge >= 0.3 is 6.03 Å². The lowest BCUT2D eigenvalue weighted by Crippen LogP contribution is -3.14. The van der Waals surface area contributed by atoms with Crippen molar-refractivity contribution >= 4 is 29.2 Å². The Morgan fingerprint density at radius 2 is 2.07 bits per heavy atom. The maximum atomic E-state index is 13.1. The molecule has 1 unspecified atom stereocenters. The van der Waals surface area contributed by atoms with Gasteiger partial charge in [-0.2, -0.15) is 5.01 Å². The Hall–Kier alpha value is -2.71. The largest absolute Gasteiger partial charge is 0.344 e. The van der Waals surface area contributed by atoms with Gasteiger partial charge in [0.2, 0.25) is 0 Å². The number of quaternary nitrogens is 1. The van der Waals surface area contributed by atoms with E-state index in [1.807, 2.05) is 37.3 Å². The molecule has 0 spiro atoms. The minimum absolute atomic E-state index is 0.206. The number of hydrogen-bond acceptors (Lipinski definition) is 4. The zero-order valence-corrected chi connectivity index (χ0v) is 17.3. The van der Waals surface area contributed by atoms with Crippen molar-refractivity contribution < 1.29 is 19.3 Å². The van der Waals surface area contributed by atoms with Gasteiger partial charge in [-0.15, -0.1) is 11.3 Å². The lowest BCUT2D eigenvalue weighted by molar-refractivity contribution is -0.924. The Balaban J connectivity index is 1.46. The Labute approximate surface area is 173 Å². The van der Waals surface area contributed by atoms with E-state index >= 15 is 0 Å². The van der Waals surface area contributed by atoms with E-state index in [2.05, 4.69) is 29.1 Å². The highest BCUT2D eigenvalue weighted by molar-refractivity contribution is 7.10. The lowest BCUT2D eigenvalue weighted by Gasteiger charge is -2.30. The average Bonchev–Trinajstić information content (AvgIpc) is 3.30. The molecule has 0 saturated carbocycles. The molecule has 2 aromatic rings. The van der Waals surface area contributed by atoms with Gasteiger partial charge in [0.15, 0.2) is 6.54 Å². The first-order valence-electron chi connectivity index (χ1n) is 9.89. The van der Waals surface area contributed by atoms with Crippen LogP contribution >= 0.6 is 11.3 Å². The highest BCUT2D eigenvalue weighted by Gasteiger charge is 2.52. The van der Waals surface area contributed by atoms with E-state index in [4.69, 9.17) is 0 Å². The minimum Gasteiger partial charge on any atom is -0.321 e. The zero-order valence-electron chi connectivity index (χ0n) is 16.5. The molecule has 2 aliphatic rings. The fourth-order valence-corrected chi connectivity index (χ4v) is 5.28. The Morgan fingerprint density at radius 3 is 2.79 bits per heavy atom. The summed E-state index contributed by atoms with van der Waals surface area (Å²) in [5, 5.41) is 5.70. The van der Waals surface area contributed by atoms with Gasteiger partial charge in [-0.25, -0.2) is 4.79 Å². The Kier molecular flexibility index (Phi) is 5.14. The number of urea groups is 1. The third-order valence-corrected chi connectivity index (χ3v) is 7.04. The molecule has 2 aliphatic heterocycles. The number of amides is 4. The topological polar surface area (TPSA) is 83.0 Å². The molecule has 1 fully saturated rings. The number of benzene rings is 1. The third kappa shape index (κ3) is 3.32. The van der Waals surface area contributed by atoms with Gasteiger partial charge in [-0.3, -0.25) is 15.0 Å². The average molecular weight is 414 g/mol. The molecular weight excluding hydrogens is 388 g/mol. The molecule has 0 bridgehead atoms. The summed E-state index contributed by atoms with van der Waals surface area (Å²) in [6.07, 6.45) is 1.33. The van der Waals surface area contributed by atoms with Crippen LogP contribution in [0, 0.1) is 0 Å². The summed E-state index contributed by atoms with van der Waals surface area (Å²) in [6, 6.07) is 10.9. The number of imide groups is 1. The van der Waals surface area contributed by atoms with Gasteiger partial charge in [0.1, 0.15) is 11.6 Å². The van der Waals surface area contributed by atoms with Gasteiger partial charge < -0.3 is 10.2 Å². The first-order chi connectivity index (χ1) is 14.0. The molecule has 8 heteroatoms. The van der Waals surface area contributed by atoms with E-state index in [0.717, 1.165) is 22.9 Å². The van der Waals surface area contributed by atoms with Gasteiger partial charge in [0, 0.05) is 16.9 Å².